The predicted octanol–water partition coefficient (Wildman–Crippen LogP) is 2.17. The van der Waals surface area contributed by atoms with Gasteiger partial charge in [0.1, 0.15) is 0 Å². The molecule has 4 nitrogen and oxygen atoms in total. The summed E-state index contributed by atoms with van der Waals surface area (Å²) in [6.07, 6.45) is 2.24. The summed E-state index contributed by atoms with van der Waals surface area (Å²) in [5.74, 6) is -1.88. The van der Waals surface area contributed by atoms with Crippen LogP contribution in [0, 0.1) is 11.8 Å². The summed E-state index contributed by atoms with van der Waals surface area (Å²) in [6, 6.07) is 7.44. The first-order valence-electron chi connectivity index (χ1n) is 6.33. The highest BCUT2D eigenvalue weighted by Gasteiger charge is 2.53. The highest BCUT2D eigenvalue weighted by molar-refractivity contribution is 6.30. The number of hydrogen-bond acceptors (Lipinski definition) is 2. The normalized spacial score (nSPS) is 26.6. The van der Waals surface area contributed by atoms with Gasteiger partial charge < -0.3 is 10.4 Å². The van der Waals surface area contributed by atoms with Crippen molar-refractivity contribution < 1.29 is 14.7 Å². The smallest absolute Gasteiger partial charge is 0.307 e. The van der Waals surface area contributed by atoms with E-state index in [1.54, 1.807) is 12.1 Å². The molecule has 0 spiro atoms. The molecule has 100 valence electrons. The predicted molar refractivity (Wildman–Crippen MR) is 69.7 cm³/mol. The maximum absolute atomic E-state index is 12.0. The second-order valence-electron chi connectivity index (χ2n) is 5.37. The van der Waals surface area contributed by atoms with E-state index in [9.17, 15) is 9.59 Å². The van der Waals surface area contributed by atoms with Crippen LogP contribution in [0.15, 0.2) is 24.3 Å². The topological polar surface area (TPSA) is 66.4 Å². The maximum Gasteiger partial charge on any atom is 0.307 e. The number of nitrogens with one attached hydrogen (secondary N) is 1. The lowest BCUT2D eigenvalue weighted by Crippen LogP contribution is -2.36. The minimum Gasteiger partial charge on any atom is -0.481 e. The van der Waals surface area contributed by atoms with Gasteiger partial charge in [-0.1, -0.05) is 23.7 Å². The minimum atomic E-state index is -0.878. The molecule has 0 aromatic heterocycles. The Balaban J connectivity index is 1.68. The van der Waals surface area contributed by atoms with Crippen LogP contribution in [-0.4, -0.2) is 17.0 Å². The summed E-state index contributed by atoms with van der Waals surface area (Å²) in [5, 5.41) is 12.5. The molecule has 0 saturated heterocycles. The Hall–Kier alpha value is -1.55. The zero-order valence-corrected chi connectivity index (χ0v) is 11.0. The van der Waals surface area contributed by atoms with Gasteiger partial charge in [-0.15, -0.1) is 0 Å². The monoisotopic (exact) mass is 279 g/mol. The number of carboxylic acids is 1. The van der Waals surface area contributed by atoms with Gasteiger partial charge in [-0.25, -0.2) is 0 Å². The molecule has 2 aliphatic carbocycles. The van der Waals surface area contributed by atoms with Gasteiger partial charge >= 0.3 is 5.97 Å². The van der Waals surface area contributed by atoms with Crippen molar-refractivity contribution in [1.82, 2.24) is 5.32 Å². The van der Waals surface area contributed by atoms with Crippen LogP contribution < -0.4 is 5.32 Å². The summed E-state index contributed by atoms with van der Waals surface area (Å²) in [6.45, 7) is 0. The molecule has 0 aliphatic heterocycles. The highest BCUT2D eigenvalue weighted by Crippen LogP contribution is 2.47. The number of carbonyl (C=O) groups is 2. The van der Waals surface area contributed by atoms with Crippen LogP contribution in [-0.2, 0) is 15.1 Å². The lowest BCUT2D eigenvalue weighted by atomic mass is 10.0. The molecule has 2 aliphatic rings. The minimum absolute atomic E-state index is 0.139. The van der Waals surface area contributed by atoms with Crippen LogP contribution in [0.5, 0.6) is 0 Å². The first kappa shape index (κ1) is 12.5. The Bertz CT molecular complexity index is 536. The average molecular weight is 280 g/mol. The summed E-state index contributed by atoms with van der Waals surface area (Å²) in [7, 11) is 0. The van der Waals surface area contributed by atoms with Crippen LogP contribution in [0.4, 0.5) is 0 Å². The Morgan fingerprint density at radius 3 is 2.32 bits per heavy atom. The number of halogens is 1. The molecule has 0 unspecified atom stereocenters. The van der Waals surface area contributed by atoms with Crippen molar-refractivity contribution in [3.8, 4) is 0 Å². The van der Waals surface area contributed by atoms with E-state index in [0.29, 0.717) is 11.4 Å². The molecular weight excluding hydrogens is 266 g/mol. The third-order valence-electron chi connectivity index (χ3n) is 3.95. The van der Waals surface area contributed by atoms with Gasteiger partial charge in [0.05, 0.1) is 17.4 Å². The number of hydrogen-bond donors (Lipinski definition) is 2. The number of amides is 1. The van der Waals surface area contributed by atoms with E-state index in [4.69, 9.17) is 16.7 Å². The molecular formula is C14H14ClNO3. The third-order valence-corrected chi connectivity index (χ3v) is 4.21. The molecule has 1 aromatic rings. The fourth-order valence-electron chi connectivity index (χ4n) is 2.47. The van der Waals surface area contributed by atoms with Crippen molar-refractivity contribution in [2.45, 2.75) is 24.8 Å². The Kier molecular flexibility index (Phi) is 2.78. The van der Waals surface area contributed by atoms with Gasteiger partial charge in [0.15, 0.2) is 0 Å². The fraction of sp³-hybridized carbons (Fsp3) is 0.429. The first-order chi connectivity index (χ1) is 9.02. The van der Waals surface area contributed by atoms with Gasteiger partial charge in [0, 0.05) is 5.02 Å². The number of aliphatic carboxylic acids is 1. The van der Waals surface area contributed by atoms with Crippen molar-refractivity contribution >= 4 is 23.5 Å². The Morgan fingerprint density at radius 1 is 1.21 bits per heavy atom. The standard InChI is InChI=1S/C14H14ClNO3/c15-9-3-1-8(2-4-9)14(5-6-14)16-12(17)10-7-11(10)13(18)19/h1-4,10-11H,5-7H2,(H,16,17)(H,18,19)/t10-,11-/m1/s1. The molecule has 0 heterocycles. The molecule has 0 bridgehead atoms. The molecule has 1 amide bonds. The Labute approximate surface area is 115 Å². The molecule has 0 radical (unpaired) electrons. The van der Waals surface area contributed by atoms with Crippen LogP contribution in [0.1, 0.15) is 24.8 Å². The number of carbonyl (C=O) groups excluding carboxylic acids is 1. The van der Waals surface area contributed by atoms with E-state index in [1.165, 1.54) is 0 Å². The lowest BCUT2D eigenvalue weighted by molar-refractivity contribution is -0.140. The van der Waals surface area contributed by atoms with E-state index in [-0.39, 0.29) is 17.4 Å². The SMILES string of the molecule is O=C(O)[C@@H]1C[C@H]1C(=O)NC1(c2ccc(Cl)cc2)CC1. The molecule has 1 aromatic carbocycles. The number of benzene rings is 1. The van der Waals surface area contributed by atoms with Crippen LogP contribution in [0.3, 0.4) is 0 Å². The van der Waals surface area contributed by atoms with Gasteiger partial charge in [0.25, 0.3) is 0 Å². The van der Waals surface area contributed by atoms with Gasteiger partial charge in [-0.05, 0) is 37.0 Å². The highest BCUT2D eigenvalue weighted by atomic mass is 35.5. The van der Waals surface area contributed by atoms with E-state index in [0.717, 1.165) is 18.4 Å². The van der Waals surface area contributed by atoms with Crippen LogP contribution >= 0.6 is 11.6 Å². The summed E-state index contributed by atoms with van der Waals surface area (Å²) < 4.78 is 0. The molecule has 2 saturated carbocycles. The van der Waals surface area contributed by atoms with Crippen molar-refractivity contribution in [3.63, 3.8) is 0 Å². The molecule has 2 fully saturated rings. The van der Waals surface area contributed by atoms with E-state index in [1.807, 2.05) is 12.1 Å². The summed E-state index contributed by atoms with van der Waals surface area (Å²) >= 11 is 5.85. The average Bonchev–Trinajstić information content (AvgIpc) is 3.24. The maximum atomic E-state index is 12.0. The second-order valence-corrected chi connectivity index (χ2v) is 5.80. The van der Waals surface area contributed by atoms with E-state index >= 15 is 0 Å². The van der Waals surface area contributed by atoms with Gasteiger partial charge in [-0.3, -0.25) is 9.59 Å². The van der Waals surface area contributed by atoms with Crippen LogP contribution in [0.2, 0.25) is 5.02 Å². The largest absolute Gasteiger partial charge is 0.481 e. The van der Waals surface area contributed by atoms with Crippen molar-refractivity contribution in [3.05, 3.63) is 34.9 Å². The first-order valence-corrected chi connectivity index (χ1v) is 6.70. The van der Waals surface area contributed by atoms with E-state index < -0.39 is 11.9 Å². The van der Waals surface area contributed by atoms with Crippen molar-refractivity contribution in [2.75, 3.05) is 0 Å². The molecule has 5 heteroatoms. The van der Waals surface area contributed by atoms with Gasteiger partial charge in [-0.2, -0.15) is 0 Å². The lowest BCUT2D eigenvalue weighted by Gasteiger charge is -2.18. The van der Waals surface area contributed by atoms with Gasteiger partial charge in [0.2, 0.25) is 5.91 Å². The quantitative estimate of drug-likeness (QED) is 0.888. The van der Waals surface area contributed by atoms with Crippen molar-refractivity contribution in [1.29, 1.82) is 0 Å². The zero-order chi connectivity index (χ0) is 13.6. The molecule has 2 N–H and O–H groups in total. The molecule has 3 rings (SSSR count). The molecule has 19 heavy (non-hydrogen) atoms. The number of carboxylic acid groups (broad SMARTS) is 1. The summed E-state index contributed by atoms with van der Waals surface area (Å²) in [4.78, 5) is 22.8. The third kappa shape index (κ3) is 2.32. The summed E-state index contributed by atoms with van der Waals surface area (Å²) in [5.41, 5.74) is 0.741. The van der Waals surface area contributed by atoms with E-state index in [2.05, 4.69) is 5.32 Å². The second kappa shape index (κ2) is 4.23. The fourth-order valence-corrected chi connectivity index (χ4v) is 2.59. The number of rotatable bonds is 4. The van der Waals surface area contributed by atoms with Crippen LogP contribution in [0.25, 0.3) is 0 Å². The Morgan fingerprint density at radius 2 is 1.84 bits per heavy atom. The van der Waals surface area contributed by atoms with Crippen molar-refractivity contribution in [2.24, 2.45) is 11.8 Å². The molecule has 2 atom stereocenters. The zero-order valence-electron chi connectivity index (χ0n) is 10.2.